The minimum Gasteiger partial charge on any atom is -0.493 e. The standard InChI is InChI=1S/C21H17ClN2O5S/c1-11-10-30-21(23-11)24-19(25)12-2-4-13(5-3-12)29-18-9-17-15(8-16(18)22)14(20(26)27)6-7-28-17/h2-5,8-10,14H,6-7H2,1H3,(H,26,27)(H,23,24,25). The van der Waals surface area contributed by atoms with E-state index in [0.717, 1.165) is 5.69 Å². The second kappa shape index (κ2) is 8.33. The largest absolute Gasteiger partial charge is 0.493 e. The molecule has 1 aliphatic heterocycles. The quantitative estimate of drug-likeness (QED) is 0.568. The van der Waals surface area contributed by atoms with Crippen molar-refractivity contribution < 1.29 is 24.2 Å². The SMILES string of the molecule is Cc1csc(NC(=O)c2ccc(Oc3cc4c(cc3Cl)C(C(=O)O)CCO4)cc2)n1. The molecule has 1 unspecified atom stereocenters. The number of hydrogen-bond donors (Lipinski definition) is 2. The Balaban J connectivity index is 1.49. The van der Waals surface area contributed by atoms with E-state index in [-0.39, 0.29) is 10.9 Å². The molecule has 0 bridgehead atoms. The van der Waals surface area contributed by atoms with Crippen LogP contribution in [0, 0.1) is 6.92 Å². The molecule has 1 amide bonds. The van der Waals surface area contributed by atoms with Crippen molar-refractivity contribution in [3.63, 3.8) is 0 Å². The summed E-state index contributed by atoms with van der Waals surface area (Å²) < 4.78 is 11.4. The van der Waals surface area contributed by atoms with Gasteiger partial charge in [-0.25, -0.2) is 4.98 Å². The number of ether oxygens (including phenoxy) is 2. The number of thiazole rings is 1. The van der Waals surface area contributed by atoms with Crippen molar-refractivity contribution in [1.29, 1.82) is 0 Å². The van der Waals surface area contributed by atoms with Crippen LogP contribution in [0.2, 0.25) is 5.02 Å². The summed E-state index contributed by atoms with van der Waals surface area (Å²) in [5.41, 5.74) is 1.84. The number of rotatable bonds is 5. The maximum atomic E-state index is 12.3. The molecule has 2 heterocycles. The van der Waals surface area contributed by atoms with Crippen molar-refractivity contribution in [3.05, 3.63) is 63.6 Å². The second-order valence-electron chi connectivity index (χ2n) is 6.72. The lowest BCUT2D eigenvalue weighted by Crippen LogP contribution is -2.20. The molecular weight excluding hydrogens is 428 g/mol. The van der Waals surface area contributed by atoms with Gasteiger partial charge in [-0.15, -0.1) is 11.3 Å². The highest BCUT2D eigenvalue weighted by Gasteiger charge is 2.29. The fourth-order valence-electron chi connectivity index (χ4n) is 3.11. The Kier molecular flexibility index (Phi) is 5.61. The number of aryl methyl sites for hydroxylation is 1. The smallest absolute Gasteiger partial charge is 0.311 e. The lowest BCUT2D eigenvalue weighted by molar-refractivity contribution is -0.139. The molecule has 9 heteroatoms. The van der Waals surface area contributed by atoms with Crippen molar-refractivity contribution in [2.45, 2.75) is 19.3 Å². The van der Waals surface area contributed by atoms with Crippen LogP contribution in [0.5, 0.6) is 17.2 Å². The van der Waals surface area contributed by atoms with E-state index in [0.29, 0.717) is 46.5 Å². The van der Waals surface area contributed by atoms with Crippen LogP contribution in [-0.4, -0.2) is 28.6 Å². The monoisotopic (exact) mass is 444 g/mol. The molecule has 2 N–H and O–H groups in total. The zero-order valence-corrected chi connectivity index (χ0v) is 17.4. The molecule has 2 aromatic carbocycles. The van der Waals surface area contributed by atoms with E-state index < -0.39 is 11.9 Å². The summed E-state index contributed by atoms with van der Waals surface area (Å²) in [6.07, 6.45) is 0.392. The number of aliphatic carboxylic acids is 1. The summed E-state index contributed by atoms with van der Waals surface area (Å²) in [6, 6.07) is 9.74. The molecule has 4 rings (SSSR count). The number of aromatic nitrogens is 1. The first kappa shape index (κ1) is 20.2. The van der Waals surface area contributed by atoms with Crippen LogP contribution in [-0.2, 0) is 4.79 Å². The molecule has 154 valence electrons. The summed E-state index contributed by atoms with van der Waals surface area (Å²) in [7, 11) is 0. The minimum absolute atomic E-state index is 0.268. The van der Waals surface area contributed by atoms with Gasteiger partial charge < -0.3 is 14.6 Å². The van der Waals surface area contributed by atoms with Crippen LogP contribution in [0.25, 0.3) is 0 Å². The maximum Gasteiger partial charge on any atom is 0.311 e. The van der Waals surface area contributed by atoms with E-state index in [2.05, 4.69) is 10.3 Å². The third-order valence-electron chi connectivity index (χ3n) is 4.59. The number of fused-ring (bicyclic) bond motifs is 1. The Labute approximate surface area is 181 Å². The minimum atomic E-state index is -0.911. The summed E-state index contributed by atoms with van der Waals surface area (Å²) in [5, 5.41) is 14.8. The average molecular weight is 445 g/mol. The third kappa shape index (κ3) is 4.24. The number of hydrogen-bond acceptors (Lipinski definition) is 6. The number of carboxylic acids is 1. The first-order chi connectivity index (χ1) is 14.4. The molecule has 1 aromatic heterocycles. The maximum absolute atomic E-state index is 12.3. The summed E-state index contributed by atoms with van der Waals surface area (Å²) >= 11 is 7.67. The number of nitrogens with one attached hydrogen (secondary N) is 1. The number of amides is 1. The van der Waals surface area contributed by atoms with Gasteiger partial charge in [-0.3, -0.25) is 14.9 Å². The molecule has 0 aliphatic carbocycles. The van der Waals surface area contributed by atoms with Crippen molar-refractivity contribution in [3.8, 4) is 17.2 Å². The Morgan fingerprint density at radius 3 is 2.73 bits per heavy atom. The van der Waals surface area contributed by atoms with Crippen LogP contribution in [0.15, 0.2) is 41.8 Å². The van der Waals surface area contributed by atoms with Gasteiger partial charge in [-0.05, 0) is 43.7 Å². The highest BCUT2D eigenvalue weighted by atomic mass is 35.5. The molecule has 0 saturated carbocycles. The molecule has 0 radical (unpaired) electrons. The van der Waals surface area contributed by atoms with Crippen LogP contribution in [0.4, 0.5) is 5.13 Å². The fraction of sp³-hybridized carbons (Fsp3) is 0.190. The van der Waals surface area contributed by atoms with Gasteiger partial charge in [0.15, 0.2) is 5.13 Å². The van der Waals surface area contributed by atoms with E-state index in [1.54, 1.807) is 36.4 Å². The molecule has 30 heavy (non-hydrogen) atoms. The number of carbonyl (C=O) groups excluding carboxylic acids is 1. The highest BCUT2D eigenvalue weighted by molar-refractivity contribution is 7.13. The van der Waals surface area contributed by atoms with Gasteiger partial charge in [-0.1, -0.05) is 11.6 Å². The Morgan fingerprint density at radius 1 is 1.30 bits per heavy atom. The first-order valence-corrected chi connectivity index (χ1v) is 10.4. The summed E-state index contributed by atoms with van der Waals surface area (Å²) in [4.78, 5) is 28.0. The van der Waals surface area contributed by atoms with E-state index in [4.69, 9.17) is 21.1 Å². The van der Waals surface area contributed by atoms with Crippen molar-refractivity contribution in [1.82, 2.24) is 4.98 Å². The molecule has 1 aliphatic rings. The van der Waals surface area contributed by atoms with Crippen LogP contribution < -0.4 is 14.8 Å². The average Bonchev–Trinajstić information content (AvgIpc) is 3.13. The van der Waals surface area contributed by atoms with Gasteiger partial charge in [0.25, 0.3) is 5.91 Å². The van der Waals surface area contributed by atoms with Gasteiger partial charge >= 0.3 is 5.97 Å². The highest BCUT2D eigenvalue weighted by Crippen LogP contribution is 2.41. The summed E-state index contributed by atoms with van der Waals surface area (Å²) in [6.45, 7) is 2.17. The van der Waals surface area contributed by atoms with Crippen LogP contribution in [0.3, 0.4) is 0 Å². The topological polar surface area (TPSA) is 97.8 Å². The molecule has 7 nitrogen and oxygen atoms in total. The molecule has 3 aromatic rings. The zero-order valence-electron chi connectivity index (χ0n) is 15.8. The molecule has 0 fully saturated rings. The normalized spacial score (nSPS) is 15.1. The first-order valence-electron chi connectivity index (χ1n) is 9.11. The molecule has 1 atom stereocenters. The lowest BCUT2D eigenvalue weighted by atomic mass is 9.93. The fourth-order valence-corrected chi connectivity index (χ4v) is 4.00. The van der Waals surface area contributed by atoms with E-state index in [9.17, 15) is 14.7 Å². The predicted molar refractivity (Wildman–Crippen MR) is 113 cm³/mol. The molecule has 0 saturated heterocycles. The van der Waals surface area contributed by atoms with Gasteiger partial charge in [0.05, 0.1) is 23.2 Å². The lowest BCUT2D eigenvalue weighted by Gasteiger charge is -2.24. The Morgan fingerprint density at radius 2 is 2.07 bits per heavy atom. The third-order valence-corrected chi connectivity index (χ3v) is 5.76. The number of anilines is 1. The van der Waals surface area contributed by atoms with Crippen molar-refractivity contribution >= 4 is 39.9 Å². The number of carbonyl (C=O) groups is 2. The van der Waals surface area contributed by atoms with Gasteiger partial charge in [0, 0.05) is 22.6 Å². The van der Waals surface area contributed by atoms with Gasteiger partial charge in [0.2, 0.25) is 0 Å². The van der Waals surface area contributed by atoms with Crippen molar-refractivity contribution in [2.75, 3.05) is 11.9 Å². The Hall–Kier alpha value is -3.10. The second-order valence-corrected chi connectivity index (χ2v) is 7.99. The van der Waals surface area contributed by atoms with E-state index >= 15 is 0 Å². The predicted octanol–water partition coefficient (Wildman–Crippen LogP) is 5.10. The molecular formula is C21H17ClN2O5S. The number of nitrogens with zero attached hydrogens (tertiary/aromatic N) is 1. The molecule has 0 spiro atoms. The number of benzene rings is 2. The van der Waals surface area contributed by atoms with E-state index in [1.807, 2.05) is 12.3 Å². The summed E-state index contributed by atoms with van der Waals surface area (Å²) in [5.74, 6) is -0.564. The van der Waals surface area contributed by atoms with Crippen molar-refractivity contribution in [2.24, 2.45) is 0 Å². The van der Waals surface area contributed by atoms with Gasteiger partial charge in [0.1, 0.15) is 17.2 Å². The van der Waals surface area contributed by atoms with Crippen LogP contribution in [0.1, 0.15) is 34.0 Å². The Bertz CT molecular complexity index is 1110. The van der Waals surface area contributed by atoms with Gasteiger partial charge in [-0.2, -0.15) is 0 Å². The number of halogens is 1. The zero-order chi connectivity index (χ0) is 21.3. The number of carboxylic acid groups (broad SMARTS) is 1. The van der Waals surface area contributed by atoms with Crippen LogP contribution >= 0.6 is 22.9 Å². The van der Waals surface area contributed by atoms with E-state index in [1.165, 1.54) is 11.3 Å².